The molecule has 4 aliphatic rings. The predicted octanol–water partition coefficient (Wildman–Crippen LogP) is 7.14. The zero-order valence-electron chi connectivity index (χ0n) is 22.4. The van der Waals surface area contributed by atoms with E-state index < -0.39 is 0 Å². The van der Waals surface area contributed by atoms with Gasteiger partial charge in [-0.3, -0.25) is 9.78 Å². The Bertz CT molecular complexity index is 911. The number of rotatable bonds is 4. The van der Waals surface area contributed by atoms with Crippen molar-refractivity contribution in [3.8, 4) is 5.75 Å². The minimum atomic E-state index is 0.227. The van der Waals surface area contributed by atoms with Gasteiger partial charge in [0.05, 0.1) is 12.8 Å². The van der Waals surface area contributed by atoms with E-state index in [0.717, 1.165) is 24.1 Å². The molecule has 0 bridgehead atoms. The average molecular weight is 467 g/mol. The van der Waals surface area contributed by atoms with Gasteiger partial charge in [-0.25, -0.2) is 0 Å². The highest BCUT2D eigenvalue weighted by molar-refractivity contribution is 5.76. The van der Waals surface area contributed by atoms with Gasteiger partial charge in [-0.05, 0) is 97.7 Å². The Labute approximate surface area is 207 Å². The number of pyridine rings is 1. The van der Waals surface area contributed by atoms with Crippen molar-refractivity contribution in [3.05, 3.63) is 30.1 Å². The van der Waals surface area contributed by atoms with Crippen molar-refractivity contribution in [2.45, 2.75) is 99.0 Å². The quantitative estimate of drug-likeness (QED) is 0.473. The molecular formula is C30H46N2O2. The lowest BCUT2D eigenvalue weighted by molar-refractivity contribution is -0.153. The Kier molecular flexibility index (Phi) is 7.45. The number of fused-ring (bicyclic) bond motifs is 5. The summed E-state index contributed by atoms with van der Waals surface area (Å²) < 4.78 is 5.75. The second kappa shape index (κ2) is 10.0. The van der Waals surface area contributed by atoms with E-state index in [1.807, 2.05) is 40.1 Å². The van der Waals surface area contributed by atoms with Crippen molar-refractivity contribution in [2.75, 3.05) is 13.2 Å². The highest BCUT2D eigenvalue weighted by Gasteiger charge is 2.59. The average Bonchev–Trinajstić information content (AvgIpc) is 3.21. The van der Waals surface area contributed by atoms with Gasteiger partial charge in [-0.15, -0.1) is 0 Å². The molecule has 5 rings (SSSR count). The van der Waals surface area contributed by atoms with Gasteiger partial charge in [0, 0.05) is 25.2 Å². The largest absolute Gasteiger partial charge is 0.492 e. The van der Waals surface area contributed by atoms with Gasteiger partial charge in [0.2, 0.25) is 5.91 Å². The summed E-state index contributed by atoms with van der Waals surface area (Å²) in [5.74, 6) is 3.46. The van der Waals surface area contributed by atoms with E-state index in [9.17, 15) is 4.79 Å². The molecule has 0 radical (unpaired) electrons. The maximum Gasteiger partial charge on any atom is 0.222 e. The molecule has 4 heteroatoms. The van der Waals surface area contributed by atoms with E-state index in [1.54, 1.807) is 0 Å². The number of likely N-dealkylation sites (tertiary alicyclic amines) is 1. The van der Waals surface area contributed by atoms with E-state index in [-0.39, 0.29) is 10.8 Å². The number of carbonyl (C=O) groups excluding carboxylic acids is 1. The first-order valence-corrected chi connectivity index (χ1v) is 14.0. The first-order valence-electron chi connectivity index (χ1n) is 14.0. The smallest absolute Gasteiger partial charge is 0.222 e. The number of aromatic nitrogens is 1. The summed E-state index contributed by atoms with van der Waals surface area (Å²) in [6.45, 7) is 14.7. The number of carbonyl (C=O) groups is 1. The second-order valence-electron chi connectivity index (χ2n) is 11.2. The van der Waals surface area contributed by atoms with Crippen LogP contribution in [0.1, 0.15) is 98.5 Å². The SMILES string of the molecule is CC.CCOc1cncc(C2=CC[C@H]3C4CCC5N(C(=O)CC)CCCC5(C)C4CCC23C)c1. The predicted molar refractivity (Wildman–Crippen MR) is 140 cm³/mol. The summed E-state index contributed by atoms with van der Waals surface area (Å²) in [6, 6.07) is 2.64. The molecule has 1 aromatic heterocycles. The summed E-state index contributed by atoms with van der Waals surface area (Å²) in [6.07, 6.45) is 15.6. The zero-order valence-corrected chi connectivity index (χ0v) is 22.4. The number of hydrogen-bond acceptors (Lipinski definition) is 3. The zero-order chi connectivity index (χ0) is 24.5. The molecule has 0 spiro atoms. The summed E-state index contributed by atoms with van der Waals surface area (Å²) in [5.41, 5.74) is 3.25. The molecule has 5 unspecified atom stereocenters. The van der Waals surface area contributed by atoms with Crippen LogP contribution in [0.4, 0.5) is 0 Å². The Balaban J connectivity index is 0.00000133. The highest BCUT2D eigenvalue weighted by Crippen LogP contribution is 2.66. The lowest BCUT2D eigenvalue weighted by Gasteiger charge is -2.62. The van der Waals surface area contributed by atoms with Crippen molar-refractivity contribution < 1.29 is 9.53 Å². The number of allylic oxidation sites excluding steroid dienone is 2. The van der Waals surface area contributed by atoms with Crippen LogP contribution in [-0.2, 0) is 4.79 Å². The molecule has 6 atom stereocenters. The normalized spacial score (nSPS) is 36.3. The monoisotopic (exact) mass is 466 g/mol. The van der Waals surface area contributed by atoms with Gasteiger partial charge >= 0.3 is 0 Å². The van der Waals surface area contributed by atoms with Gasteiger partial charge in [-0.2, -0.15) is 0 Å². The fraction of sp³-hybridized carbons (Fsp3) is 0.733. The Morgan fingerprint density at radius 3 is 2.65 bits per heavy atom. The van der Waals surface area contributed by atoms with Gasteiger partial charge in [0.1, 0.15) is 5.75 Å². The second-order valence-corrected chi connectivity index (χ2v) is 11.2. The fourth-order valence-corrected chi connectivity index (χ4v) is 8.41. The molecule has 0 N–H and O–H groups in total. The van der Waals surface area contributed by atoms with E-state index in [1.165, 1.54) is 56.1 Å². The van der Waals surface area contributed by atoms with Crippen LogP contribution in [-0.4, -0.2) is 35.0 Å². The van der Waals surface area contributed by atoms with Crippen molar-refractivity contribution in [2.24, 2.45) is 28.6 Å². The Morgan fingerprint density at radius 1 is 1.12 bits per heavy atom. The van der Waals surface area contributed by atoms with Gasteiger partial charge in [0.25, 0.3) is 0 Å². The number of amides is 1. The van der Waals surface area contributed by atoms with Crippen LogP contribution in [0.25, 0.3) is 5.57 Å². The maximum absolute atomic E-state index is 12.7. The Hall–Kier alpha value is -1.84. The van der Waals surface area contributed by atoms with Crippen molar-refractivity contribution in [1.82, 2.24) is 9.88 Å². The molecule has 2 saturated carbocycles. The lowest BCUT2D eigenvalue weighted by atomic mass is 9.46. The first kappa shape index (κ1) is 25.3. The molecular weight excluding hydrogens is 420 g/mol. The first-order chi connectivity index (χ1) is 16.4. The minimum Gasteiger partial charge on any atom is -0.492 e. The highest BCUT2D eigenvalue weighted by atomic mass is 16.5. The van der Waals surface area contributed by atoms with Crippen LogP contribution in [0.2, 0.25) is 0 Å². The van der Waals surface area contributed by atoms with Gasteiger partial charge in [-0.1, -0.05) is 40.7 Å². The third-order valence-electron chi connectivity index (χ3n) is 9.85. The summed E-state index contributed by atoms with van der Waals surface area (Å²) in [5, 5.41) is 0. The molecule has 1 aromatic rings. The van der Waals surface area contributed by atoms with Crippen LogP contribution >= 0.6 is 0 Å². The number of nitrogens with zero attached hydrogens (tertiary/aromatic N) is 2. The number of ether oxygens (including phenoxy) is 1. The maximum atomic E-state index is 12.7. The molecule has 1 aliphatic heterocycles. The molecule has 1 saturated heterocycles. The van der Waals surface area contributed by atoms with Crippen LogP contribution in [0.15, 0.2) is 24.5 Å². The van der Waals surface area contributed by atoms with E-state index in [2.05, 4.69) is 35.9 Å². The number of piperidine rings is 1. The molecule has 188 valence electrons. The summed E-state index contributed by atoms with van der Waals surface area (Å²) in [7, 11) is 0. The summed E-state index contributed by atoms with van der Waals surface area (Å²) >= 11 is 0. The van der Waals surface area contributed by atoms with E-state index in [4.69, 9.17) is 4.74 Å². The van der Waals surface area contributed by atoms with Crippen LogP contribution in [0, 0.1) is 28.6 Å². The molecule has 2 heterocycles. The van der Waals surface area contributed by atoms with Crippen molar-refractivity contribution in [1.29, 1.82) is 0 Å². The van der Waals surface area contributed by atoms with E-state index >= 15 is 0 Å². The Morgan fingerprint density at radius 2 is 1.91 bits per heavy atom. The molecule has 4 nitrogen and oxygen atoms in total. The van der Waals surface area contributed by atoms with Gasteiger partial charge in [0.15, 0.2) is 0 Å². The van der Waals surface area contributed by atoms with Crippen molar-refractivity contribution >= 4 is 11.5 Å². The molecule has 34 heavy (non-hydrogen) atoms. The van der Waals surface area contributed by atoms with Gasteiger partial charge < -0.3 is 9.64 Å². The molecule has 1 amide bonds. The van der Waals surface area contributed by atoms with Crippen LogP contribution in [0.5, 0.6) is 5.75 Å². The fourth-order valence-electron chi connectivity index (χ4n) is 8.41. The van der Waals surface area contributed by atoms with Crippen LogP contribution < -0.4 is 4.74 Å². The van der Waals surface area contributed by atoms with Crippen molar-refractivity contribution in [3.63, 3.8) is 0 Å². The third kappa shape index (κ3) is 3.99. The molecule has 3 fully saturated rings. The third-order valence-corrected chi connectivity index (χ3v) is 9.85. The van der Waals surface area contributed by atoms with E-state index in [0.29, 0.717) is 30.9 Å². The molecule has 3 aliphatic carbocycles. The standard InChI is InChI=1S/C28H40N2O2.C2H6/c1-5-26(31)30-15-7-13-28(4)24-12-14-27(3)22(19-16-20(32-6-2)18-29-17-19)9-10-23(27)21(24)8-11-25(28)30;1-2/h9,16-18,21,23-25H,5-8,10-15H2,1-4H3;1-2H3/t21?,23-,24?,25?,27?,28?;/m0./s1. The lowest BCUT2D eigenvalue weighted by Crippen LogP contribution is -2.61. The number of hydrogen-bond donors (Lipinski definition) is 0. The minimum absolute atomic E-state index is 0.227. The summed E-state index contributed by atoms with van der Waals surface area (Å²) in [4.78, 5) is 19.5. The van der Waals surface area contributed by atoms with Crippen LogP contribution in [0.3, 0.4) is 0 Å². The molecule has 0 aromatic carbocycles. The topological polar surface area (TPSA) is 42.4 Å².